The van der Waals surface area contributed by atoms with Crippen molar-refractivity contribution >= 4 is 17.7 Å². The van der Waals surface area contributed by atoms with Crippen LogP contribution in [0, 0.1) is 5.92 Å². The molecule has 1 fully saturated rings. The SMILES string of the molecule is CC1C(CSc2nnnn2-c2ccccc2)OC(c2ccc(-c3ccccc3CNC(=O)c3ccccc3)cc2)OC1c1ccc(CO)cc1. The molecule has 1 aromatic heterocycles. The van der Waals surface area contributed by atoms with Crippen LogP contribution in [0.25, 0.3) is 16.8 Å². The lowest BCUT2D eigenvalue weighted by molar-refractivity contribution is -0.268. The fraction of sp³-hybridized carbons (Fsp3) is 0.200. The fourth-order valence-corrected chi connectivity index (χ4v) is 7.16. The highest BCUT2D eigenvalue weighted by atomic mass is 32.2. The van der Waals surface area contributed by atoms with Crippen molar-refractivity contribution in [2.75, 3.05) is 5.75 Å². The molecule has 0 aliphatic carbocycles. The van der Waals surface area contributed by atoms with Crippen LogP contribution in [0.3, 0.4) is 0 Å². The standard InChI is InChI=1S/C40H37N5O4S/c1-27-36(26-50-40-42-43-44-45(40)34-13-6-3-7-14-34)48-39(49-37(27)30-18-16-28(25-46)17-19-30)32-22-20-29(21-23-32)35-15-9-8-12-33(35)24-41-38(47)31-10-4-2-5-11-31/h2-23,27,36-37,39,46H,24-26H2,1H3,(H,41,47). The second kappa shape index (κ2) is 15.6. The predicted octanol–water partition coefficient (Wildman–Crippen LogP) is 7.34. The summed E-state index contributed by atoms with van der Waals surface area (Å²) in [6.45, 7) is 2.53. The lowest BCUT2D eigenvalue weighted by Crippen LogP contribution is -2.38. The molecule has 1 aliphatic heterocycles. The monoisotopic (exact) mass is 683 g/mol. The number of amides is 1. The molecular weight excluding hydrogens is 647 g/mol. The van der Waals surface area contributed by atoms with Gasteiger partial charge in [-0.05, 0) is 62.5 Å². The van der Waals surface area contributed by atoms with E-state index in [1.54, 1.807) is 16.4 Å². The van der Waals surface area contributed by atoms with Crippen LogP contribution >= 0.6 is 11.8 Å². The van der Waals surface area contributed by atoms with Crippen LogP contribution in [0.2, 0.25) is 0 Å². The van der Waals surface area contributed by atoms with E-state index in [-0.39, 0.29) is 30.6 Å². The average Bonchev–Trinajstić information content (AvgIpc) is 3.66. The van der Waals surface area contributed by atoms with Gasteiger partial charge in [0.05, 0.1) is 24.5 Å². The highest BCUT2D eigenvalue weighted by molar-refractivity contribution is 7.99. The molecule has 4 unspecified atom stereocenters. The van der Waals surface area contributed by atoms with E-state index < -0.39 is 6.29 Å². The summed E-state index contributed by atoms with van der Waals surface area (Å²) in [5.41, 5.74) is 7.38. The molecule has 0 saturated carbocycles. The molecule has 50 heavy (non-hydrogen) atoms. The maximum atomic E-state index is 12.7. The van der Waals surface area contributed by atoms with Crippen LogP contribution in [0.5, 0.6) is 0 Å². The molecule has 0 spiro atoms. The molecule has 5 aromatic carbocycles. The Morgan fingerprint density at radius 3 is 2.24 bits per heavy atom. The minimum absolute atomic E-state index is 0.0111. The Hall–Kier alpha value is -5.13. The van der Waals surface area contributed by atoms with Crippen LogP contribution in [0.15, 0.2) is 139 Å². The maximum absolute atomic E-state index is 12.7. The van der Waals surface area contributed by atoms with E-state index in [0.29, 0.717) is 23.0 Å². The Labute approximate surface area is 295 Å². The van der Waals surface area contributed by atoms with Gasteiger partial charge in [-0.3, -0.25) is 4.79 Å². The quantitative estimate of drug-likeness (QED) is 0.137. The van der Waals surface area contributed by atoms with Crippen LogP contribution in [-0.2, 0) is 22.6 Å². The number of para-hydroxylation sites is 1. The molecule has 9 nitrogen and oxygen atoms in total. The van der Waals surface area contributed by atoms with Crippen molar-refractivity contribution in [3.63, 3.8) is 0 Å². The van der Waals surface area contributed by atoms with Crippen molar-refractivity contribution in [1.29, 1.82) is 0 Å². The van der Waals surface area contributed by atoms with Crippen molar-refractivity contribution in [1.82, 2.24) is 25.5 Å². The van der Waals surface area contributed by atoms with Crippen LogP contribution in [-0.4, -0.2) is 43.1 Å². The number of nitrogens with one attached hydrogen (secondary N) is 1. The Balaban J connectivity index is 1.11. The van der Waals surface area contributed by atoms with Crippen molar-refractivity contribution in [2.24, 2.45) is 5.92 Å². The zero-order valence-corrected chi connectivity index (χ0v) is 28.3. The number of thioether (sulfide) groups is 1. The van der Waals surface area contributed by atoms with Gasteiger partial charge in [-0.1, -0.05) is 128 Å². The van der Waals surface area contributed by atoms with E-state index in [1.165, 1.54) is 0 Å². The van der Waals surface area contributed by atoms with Crippen LogP contribution in [0.4, 0.5) is 0 Å². The van der Waals surface area contributed by atoms with Gasteiger partial charge in [0, 0.05) is 29.3 Å². The fourth-order valence-electron chi connectivity index (χ4n) is 6.11. The minimum atomic E-state index is -0.612. The molecule has 2 N–H and O–H groups in total. The number of carbonyl (C=O) groups is 1. The topological polar surface area (TPSA) is 111 Å². The van der Waals surface area contributed by atoms with Crippen LogP contribution in [0.1, 0.15) is 51.9 Å². The summed E-state index contributed by atoms with van der Waals surface area (Å²) in [5.74, 6) is 0.512. The Bertz CT molecular complexity index is 2010. The first-order valence-electron chi connectivity index (χ1n) is 16.6. The zero-order chi connectivity index (χ0) is 34.3. The summed E-state index contributed by atoms with van der Waals surface area (Å²) in [6, 6.07) is 43.3. The molecule has 1 amide bonds. The number of benzene rings is 5. The summed E-state index contributed by atoms with van der Waals surface area (Å²) in [7, 11) is 0. The van der Waals surface area contributed by atoms with Gasteiger partial charge in [-0.25, -0.2) is 0 Å². The number of rotatable bonds is 11. The summed E-state index contributed by atoms with van der Waals surface area (Å²) in [4.78, 5) is 12.7. The van der Waals surface area contributed by atoms with E-state index in [0.717, 1.165) is 39.1 Å². The van der Waals surface area contributed by atoms with E-state index in [1.807, 2.05) is 115 Å². The minimum Gasteiger partial charge on any atom is -0.392 e. The number of tetrazole rings is 1. The van der Waals surface area contributed by atoms with E-state index in [9.17, 15) is 9.90 Å². The summed E-state index contributed by atoms with van der Waals surface area (Å²) >= 11 is 1.55. The van der Waals surface area contributed by atoms with Crippen molar-refractivity contribution in [3.8, 4) is 16.8 Å². The predicted molar refractivity (Wildman–Crippen MR) is 192 cm³/mol. The number of aromatic nitrogens is 4. The second-order valence-electron chi connectivity index (χ2n) is 12.2. The van der Waals surface area contributed by atoms with Gasteiger partial charge in [-0.15, -0.1) is 5.10 Å². The Morgan fingerprint density at radius 2 is 1.50 bits per heavy atom. The van der Waals surface area contributed by atoms with E-state index in [4.69, 9.17) is 9.47 Å². The van der Waals surface area contributed by atoms with Gasteiger partial charge in [-0.2, -0.15) is 4.68 Å². The van der Waals surface area contributed by atoms with Crippen molar-refractivity contribution < 1.29 is 19.4 Å². The molecule has 1 saturated heterocycles. The molecule has 7 rings (SSSR count). The van der Waals surface area contributed by atoms with Gasteiger partial charge < -0.3 is 19.9 Å². The van der Waals surface area contributed by atoms with E-state index >= 15 is 0 Å². The van der Waals surface area contributed by atoms with Gasteiger partial charge in [0.1, 0.15) is 0 Å². The number of nitrogens with zero attached hydrogens (tertiary/aromatic N) is 4. The highest BCUT2D eigenvalue weighted by Gasteiger charge is 2.38. The second-order valence-corrected chi connectivity index (χ2v) is 13.2. The summed E-state index contributed by atoms with van der Waals surface area (Å²) in [5, 5.41) is 25.8. The van der Waals surface area contributed by atoms with Crippen molar-refractivity contribution in [3.05, 3.63) is 161 Å². The Morgan fingerprint density at radius 1 is 0.820 bits per heavy atom. The number of ether oxygens (including phenoxy) is 2. The first-order valence-corrected chi connectivity index (χ1v) is 17.5. The molecule has 2 heterocycles. The third kappa shape index (κ3) is 7.54. The Kier molecular flexibility index (Phi) is 10.4. The third-order valence-corrected chi connectivity index (χ3v) is 9.94. The smallest absolute Gasteiger partial charge is 0.251 e. The van der Waals surface area contributed by atoms with Gasteiger partial charge >= 0.3 is 0 Å². The van der Waals surface area contributed by atoms with Crippen molar-refractivity contribution in [2.45, 2.75) is 43.7 Å². The molecule has 1 aliphatic rings. The molecule has 252 valence electrons. The molecule has 4 atom stereocenters. The first-order chi connectivity index (χ1) is 24.6. The molecular formula is C40H37N5O4S. The molecule has 0 bridgehead atoms. The molecule has 0 radical (unpaired) electrons. The lowest BCUT2D eigenvalue weighted by atomic mass is 9.91. The number of hydrogen-bond acceptors (Lipinski definition) is 8. The van der Waals surface area contributed by atoms with Gasteiger partial charge in [0.2, 0.25) is 5.16 Å². The first kappa shape index (κ1) is 33.4. The summed E-state index contributed by atoms with van der Waals surface area (Å²) in [6.07, 6.45) is -1.04. The highest BCUT2D eigenvalue weighted by Crippen LogP contribution is 2.43. The van der Waals surface area contributed by atoms with Gasteiger partial charge in [0.15, 0.2) is 6.29 Å². The van der Waals surface area contributed by atoms with Crippen LogP contribution < -0.4 is 5.32 Å². The number of aliphatic hydroxyl groups is 1. The number of hydrogen-bond donors (Lipinski definition) is 2. The largest absolute Gasteiger partial charge is 0.392 e. The normalized spacial score (nSPS) is 18.8. The number of carbonyl (C=O) groups excluding carboxylic acids is 1. The van der Waals surface area contributed by atoms with Gasteiger partial charge in [0.25, 0.3) is 5.91 Å². The molecule has 6 aromatic rings. The molecule has 10 heteroatoms. The van der Waals surface area contributed by atoms with E-state index in [2.05, 4.69) is 46.0 Å². The summed E-state index contributed by atoms with van der Waals surface area (Å²) < 4.78 is 15.1. The third-order valence-electron chi connectivity index (χ3n) is 8.93. The maximum Gasteiger partial charge on any atom is 0.251 e. The zero-order valence-electron chi connectivity index (χ0n) is 27.5. The lowest BCUT2D eigenvalue weighted by Gasteiger charge is -2.41. The number of aliphatic hydroxyl groups excluding tert-OH is 1. The average molecular weight is 684 g/mol.